The molecule has 33 heavy (non-hydrogen) atoms. The summed E-state index contributed by atoms with van der Waals surface area (Å²) in [5.41, 5.74) is 2.05. The molecule has 0 aliphatic heterocycles. The second kappa shape index (κ2) is 8.54. The minimum atomic E-state index is -0.427. The van der Waals surface area contributed by atoms with E-state index in [-0.39, 0.29) is 12.5 Å². The van der Waals surface area contributed by atoms with Crippen molar-refractivity contribution >= 4 is 28.1 Å². The Bertz CT molecular complexity index is 1480. The standard InChI is InChI=1S/C24H18FN5O3/c1-32-18-6-7-19-20(12-18)26-10-9-21(19)33-14-23-29-28-22-8-5-15(13-30(22)23)24(31)27-17-4-2-3-16(25)11-17/h2-13H,14H2,1H3,(H,27,31). The minimum absolute atomic E-state index is 0.126. The van der Waals surface area contributed by atoms with Crippen LogP contribution in [0.2, 0.25) is 0 Å². The number of nitrogens with zero attached hydrogens (tertiary/aromatic N) is 4. The summed E-state index contributed by atoms with van der Waals surface area (Å²) in [6, 6.07) is 16.4. The van der Waals surface area contributed by atoms with E-state index >= 15 is 0 Å². The van der Waals surface area contributed by atoms with Crippen LogP contribution in [0.4, 0.5) is 10.1 Å². The number of aromatic nitrogens is 4. The highest BCUT2D eigenvalue weighted by atomic mass is 19.1. The van der Waals surface area contributed by atoms with Crippen LogP contribution in [0.25, 0.3) is 16.6 Å². The molecule has 0 aliphatic rings. The largest absolute Gasteiger partial charge is 0.497 e. The lowest BCUT2D eigenvalue weighted by molar-refractivity contribution is 0.102. The van der Waals surface area contributed by atoms with E-state index in [9.17, 15) is 9.18 Å². The number of nitrogens with one attached hydrogen (secondary N) is 1. The summed E-state index contributed by atoms with van der Waals surface area (Å²) in [4.78, 5) is 17.0. The summed E-state index contributed by atoms with van der Waals surface area (Å²) in [5.74, 6) is 1.06. The third-order valence-electron chi connectivity index (χ3n) is 5.08. The molecule has 3 aromatic heterocycles. The van der Waals surface area contributed by atoms with Gasteiger partial charge in [-0.25, -0.2) is 4.39 Å². The highest BCUT2D eigenvalue weighted by molar-refractivity contribution is 6.04. The zero-order valence-corrected chi connectivity index (χ0v) is 17.5. The van der Waals surface area contributed by atoms with Crippen LogP contribution in [-0.2, 0) is 6.61 Å². The van der Waals surface area contributed by atoms with E-state index in [2.05, 4.69) is 20.5 Å². The quantitative estimate of drug-likeness (QED) is 0.422. The summed E-state index contributed by atoms with van der Waals surface area (Å²) in [6.07, 6.45) is 3.28. The van der Waals surface area contributed by atoms with Gasteiger partial charge in [-0.1, -0.05) is 6.07 Å². The van der Waals surface area contributed by atoms with Crippen LogP contribution in [-0.4, -0.2) is 32.6 Å². The molecule has 0 atom stereocenters. The van der Waals surface area contributed by atoms with Gasteiger partial charge < -0.3 is 14.8 Å². The Hall–Kier alpha value is -4.53. The first-order valence-electron chi connectivity index (χ1n) is 10.1. The number of halogens is 1. The molecule has 5 aromatic rings. The third-order valence-corrected chi connectivity index (χ3v) is 5.08. The van der Waals surface area contributed by atoms with Gasteiger partial charge in [0.25, 0.3) is 5.91 Å². The van der Waals surface area contributed by atoms with Gasteiger partial charge in [0.05, 0.1) is 18.2 Å². The monoisotopic (exact) mass is 443 g/mol. The maximum atomic E-state index is 13.4. The lowest BCUT2D eigenvalue weighted by atomic mass is 10.2. The number of benzene rings is 2. The molecule has 164 valence electrons. The summed E-state index contributed by atoms with van der Waals surface area (Å²) in [5, 5.41) is 11.8. The normalized spacial score (nSPS) is 11.0. The van der Waals surface area contributed by atoms with Crippen LogP contribution in [0.5, 0.6) is 11.5 Å². The van der Waals surface area contributed by atoms with Gasteiger partial charge in [0.1, 0.15) is 23.9 Å². The molecule has 0 spiro atoms. The second-order valence-electron chi connectivity index (χ2n) is 7.21. The zero-order valence-electron chi connectivity index (χ0n) is 17.5. The summed E-state index contributed by atoms with van der Waals surface area (Å²) in [7, 11) is 1.60. The van der Waals surface area contributed by atoms with Crippen molar-refractivity contribution in [3.05, 3.63) is 90.3 Å². The fraction of sp³-hybridized carbons (Fsp3) is 0.0833. The van der Waals surface area contributed by atoms with Crippen LogP contribution in [0, 0.1) is 5.82 Å². The van der Waals surface area contributed by atoms with Crippen molar-refractivity contribution in [1.29, 1.82) is 0 Å². The number of pyridine rings is 2. The zero-order chi connectivity index (χ0) is 22.8. The number of ether oxygens (including phenoxy) is 2. The van der Waals surface area contributed by atoms with Gasteiger partial charge in [0.15, 0.2) is 11.5 Å². The molecule has 0 saturated carbocycles. The Morgan fingerprint density at radius 3 is 2.85 bits per heavy atom. The third kappa shape index (κ3) is 4.16. The van der Waals surface area contributed by atoms with Gasteiger partial charge in [-0.05, 0) is 48.5 Å². The van der Waals surface area contributed by atoms with Crippen LogP contribution >= 0.6 is 0 Å². The Morgan fingerprint density at radius 2 is 2.00 bits per heavy atom. The molecule has 1 amide bonds. The fourth-order valence-corrected chi connectivity index (χ4v) is 3.44. The van der Waals surface area contributed by atoms with Gasteiger partial charge in [0.2, 0.25) is 0 Å². The molecule has 9 heteroatoms. The van der Waals surface area contributed by atoms with Crippen LogP contribution < -0.4 is 14.8 Å². The maximum Gasteiger partial charge on any atom is 0.257 e. The van der Waals surface area contributed by atoms with Crippen LogP contribution in [0.15, 0.2) is 73.1 Å². The smallest absolute Gasteiger partial charge is 0.257 e. The van der Waals surface area contributed by atoms with Crippen molar-refractivity contribution in [2.24, 2.45) is 0 Å². The first-order chi connectivity index (χ1) is 16.1. The topological polar surface area (TPSA) is 90.6 Å². The van der Waals surface area contributed by atoms with Gasteiger partial charge in [-0.15, -0.1) is 10.2 Å². The van der Waals surface area contributed by atoms with Gasteiger partial charge in [0, 0.05) is 29.5 Å². The van der Waals surface area contributed by atoms with Gasteiger partial charge in [-0.2, -0.15) is 0 Å². The number of hydrogen-bond acceptors (Lipinski definition) is 6. The van der Waals surface area contributed by atoms with Crippen molar-refractivity contribution in [1.82, 2.24) is 19.6 Å². The molecule has 0 aliphatic carbocycles. The predicted molar refractivity (Wildman–Crippen MR) is 120 cm³/mol. The van der Waals surface area contributed by atoms with Gasteiger partial charge in [-0.3, -0.25) is 14.2 Å². The van der Waals surface area contributed by atoms with E-state index < -0.39 is 5.82 Å². The lowest BCUT2D eigenvalue weighted by Crippen LogP contribution is -2.13. The Kier molecular flexibility index (Phi) is 5.27. The Morgan fingerprint density at radius 1 is 1.09 bits per heavy atom. The second-order valence-corrected chi connectivity index (χ2v) is 7.21. The van der Waals surface area contributed by atoms with E-state index in [0.717, 1.165) is 10.9 Å². The summed E-state index contributed by atoms with van der Waals surface area (Å²) >= 11 is 0. The van der Waals surface area contributed by atoms with Crippen LogP contribution in [0.3, 0.4) is 0 Å². The number of fused-ring (bicyclic) bond motifs is 2. The molecule has 0 fully saturated rings. The average Bonchev–Trinajstić information content (AvgIpc) is 3.24. The average molecular weight is 443 g/mol. The molecular formula is C24H18FN5O3. The van der Waals surface area contributed by atoms with Crippen molar-refractivity contribution in [2.75, 3.05) is 12.4 Å². The summed E-state index contributed by atoms with van der Waals surface area (Å²) < 4.78 is 26.3. The number of methoxy groups -OCH3 is 1. The highest BCUT2D eigenvalue weighted by Gasteiger charge is 2.13. The molecule has 5 rings (SSSR count). The highest BCUT2D eigenvalue weighted by Crippen LogP contribution is 2.27. The van der Waals surface area contributed by atoms with E-state index in [1.165, 1.54) is 18.2 Å². The van der Waals surface area contributed by atoms with Crippen molar-refractivity contribution in [2.45, 2.75) is 6.61 Å². The van der Waals surface area contributed by atoms with E-state index in [0.29, 0.717) is 34.2 Å². The van der Waals surface area contributed by atoms with E-state index in [1.54, 1.807) is 48.2 Å². The number of anilines is 1. The van der Waals surface area contributed by atoms with Crippen molar-refractivity contribution in [3.63, 3.8) is 0 Å². The SMILES string of the molecule is COc1ccc2c(OCc3nnc4ccc(C(=O)Nc5cccc(F)c5)cn34)ccnc2c1. The molecule has 0 bridgehead atoms. The first-order valence-corrected chi connectivity index (χ1v) is 10.1. The number of amides is 1. The first kappa shape index (κ1) is 20.4. The lowest BCUT2D eigenvalue weighted by Gasteiger charge is -2.10. The number of hydrogen-bond donors (Lipinski definition) is 1. The van der Waals surface area contributed by atoms with E-state index in [1.807, 2.05) is 18.2 Å². The fourth-order valence-electron chi connectivity index (χ4n) is 3.44. The molecular weight excluding hydrogens is 425 g/mol. The molecule has 1 N–H and O–H groups in total. The predicted octanol–water partition coefficient (Wildman–Crippen LogP) is 4.26. The minimum Gasteiger partial charge on any atom is -0.497 e. The molecule has 0 unspecified atom stereocenters. The maximum absolute atomic E-state index is 13.4. The molecule has 0 saturated heterocycles. The molecule has 0 radical (unpaired) electrons. The number of carbonyl (C=O) groups excluding carboxylic acids is 1. The number of rotatable bonds is 6. The van der Waals surface area contributed by atoms with Crippen molar-refractivity contribution < 1.29 is 18.7 Å². The van der Waals surface area contributed by atoms with Crippen LogP contribution in [0.1, 0.15) is 16.2 Å². The molecule has 3 heterocycles. The Balaban J connectivity index is 1.38. The van der Waals surface area contributed by atoms with Crippen molar-refractivity contribution in [3.8, 4) is 11.5 Å². The van der Waals surface area contributed by atoms with Gasteiger partial charge >= 0.3 is 0 Å². The van der Waals surface area contributed by atoms with E-state index in [4.69, 9.17) is 9.47 Å². The molecule has 2 aromatic carbocycles. The molecule has 8 nitrogen and oxygen atoms in total. The Labute approximate surface area is 187 Å². The number of carbonyl (C=O) groups is 1. The summed E-state index contributed by atoms with van der Waals surface area (Å²) in [6.45, 7) is 0.126.